The third kappa shape index (κ3) is 3.98. The molecule has 17 heavy (non-hydrogen) atoms. The molecule has 0 aliphatic rings. The van der Waals surface area contributed by atoms with Gasteiger partial charge in [0.25, 0.3) is 0 Å². The van der Waals surface area contributed by atoms with Crippen molar-refractivity contribution in [2.75, 3.05) is 5.32 Å². The quantitative estimate of drug-likeness (QED) is 0.463. The van der Waals surface area contributed by atoms with Crippen LogP contribution in [0.3, 0.4) is 0 Å². The van der Waals surface area contributed by atoms with E-state index in [-0.39, 0.29) is 5.56 Å². The number of esters is 1. The molecule has 2 N–H and O–H groups in total. The number of hydrogen-bond acceptors (Lipinski definition) is 4. The average molecular weight is 235 g/mol. The molecule has 0 aromatic heterocycles. The number of benzene rings is 1. The van der Waals surface area contributed by atoms with E-state index in [1.54, 1.807) is 19.1 Å². The van der Waals surface area contributed by atoms with Gasteiger partial charge in [0.05, 0.1) is 5.56 Å². The summed E-state index contributed by atoms with van der Waals surface area (Å²) in [5.74, 6) is -1.50. The number of nitrogens with one attached hydrogen (secondary N) is 1. The van der Waals surface area contributed by atoms with E-state index in [2.05, 4.69) is 11.9 Å². The first kappa shape index (κ1) is 12.8. The van der Waals surface area contributed by atoms with Gasteiger partial charge in [0.15, 0.2) is 6.23 Å². The number of carbonyl (C=O) groups is 2. The predicted molar refractivity (Wildman–Crippen MR) is 62.8 cm³/mol. The lowest BCUT2D eigenvalue weighted by atomic mass is 10.2. The lowest BCUT2D eigenvalue weighted by Crippen LogP contribution is -2.21. The summed E-state index contributed by atoms with van der Waals surface area (Å²) in [5, 5.41) is 11.6. The largest absolute Gasteiger partial charge is 0.478 e. The van der Waals surface area contributed by atoms with Gasteiger partial charge in [-0.2, -0.15) is 0 Å². The fraction of sp³-hybridized carbons (Fsp3) is 0.167. The molecule has 0 saturated heterocycles. The summed E-state index contributed by atoms with van der Waals surface area (Å²) in [5.41, 5.74) is 0.866. The van der Waals surface area contributed by atoms with Crippen LogP contribution in [0.25, 0.3) is 0 Å². The molecule has 1 unspecified atom stereocenters. The van der Waals surface area contributed by atoms with Crippen molar-refractivity contribution in [3.8, 4) is 0 Å². The summed E-state index contributed by atoms with van der Waals surface area (Å²) in [7, 11) is 0. The van der Waals surface area contributed by atoms with Gasteiger partial charge in [-0.3, -0.25) is 0 Å². The van der Waals surface area contributed by atoms with Crippen molar-refractivity contribution in [3.05, 3.63) is 42.5 Å². The zero-order valence-corrected chi connectivity index (χ0v) is 9.34. The Hall–Kier alpha value is -2.30. The molecule has 1 aromatic rings. The van der Waals surface area contributed by atoms with Gasteiger partial charge in [-0.05, 0) is 31.2 Å². The number of carbonyl (C=O) groups excluding carboxylic acids is 1. The van der Waals surface area contributed by atoms with Gasteiger partial charge in [0.1, 0.15) is 0 Å². The predicted octanol–water partition coefficient (Wildman–Crippen LogP) is 1.87. The van der Waals surface area contributed by atoms with Crippen molar-refractivity contribution in [2.45, 2.75) is 13.2 Å². The van der Waals surface area contributed by atoms with Gasteiger partial charge in [0, 0.05) is 11.8 Å². The van der Waals surface area contributed by atoms with Crippen LogP contribution >= 0.6 is 0 Å². The summed E-state index contributed by atoms with van der Waals surface area (Å²) >= 11 is 0. The molecule has 5 heteroatoms. The molecular weight excluding hydrogens is 222 g/mol. The average Bonchev–Trinajstić information content (AvgIpc) is 2.29. The number of carboxylic acid groups (broad SMARTS) is 1. The van der Waals surface area contributed by atoms with E-state index in [9.17, 15) is 9.59 Å². The molecule has 1 aromatic carbocycles. The van der Waals surface area contributed by atoms with E-state index < -0.39 is 18.2 Å². The standard InChI is InChI=1S/C12H13NO4/c1-3-11(14)17-8(2)13-10-6-4-9(5-7-10)12(15)16/h3-8,13H,1H2,2H3,(H,15,16). The molecule has 0 heterocycles. The second-order valence-corrected chi connectivity index (χ2v) is 3.31. The number of ether oxygens (including phenoxy) is 1. The highest BCUT2D eigenvalue weighted by atomic mass is 16.6. The number of aromatic carboxylic acids is 1. The molecule has 0 saturated carbocycles. The van der Waals surface area contributed by atoms with Gasteiger partial charge in [-0.1, -0.05) is 6.58 Å². The maximum absolute atomic E-state index is 10.9. The lowest BCUT2D eigenvalue weighted by Gasteiger charge is -2.14. The lowest BCUT2D eigenvalue weighted by molar-refractivity contribution is -0.140. The van der Waals surface area contributed by atoms with Gasteiger partial charge in [0.2, 0.25) is 0 Å². The molecule has 0 spiro atoms. The normalized spacial score (nSPS) is 11.4. The Balaban J connectivity index is 2.59. The summed E-state index contributed by atoms with van der Waals surface area (Å²) < 4.78 is 4.90. The van der Waals surface area contributed by atoms with Crippen LogP contribution in [0, 0.1) is 0 Å². The third-order valence-electron chi connectivity index (χ3n) is 1.96. The van der Waals surface area contributed by atoms with Crippen LogP contribution in [0.1, 0.15) is 17.3 Å². The molecule has 0 amide bonds. The molecule has 0 aliphatic heterocycles. The maximum Gasteiger partial charge on any atom is 0.335 e. The van der Waals surface area contributed by atoms with Crippen LogP contribution in [0.2, 0.25) is 0 Å². The Labute approximate surface area is 98.7 Å². The van der Waals surface area contributed by atoms with Crippen LogP contribution in [0.15, 0.2) is 36.9 Å². The number of anilines is 1. The number of hydrogen-bond donors (Lipinski definition) is 2. The van der Waals surface area contributed by atoms with Gasteiger partial charge in [-0.15, -0.1) is 0 Å². The number of rotatable bonds is 5. The zero-order valence-electron chi connectivity index (χ0n) is 9.34. The first-order valence-corrected chi connectivity index (χ1v) is 4.96. The molecule has 0 aliphatic carbocycles. The van der Waals surface area contributed by atoms with Crippen molar-refractivity contribution < 1.29 is 19.4 Å². The monoisotopic (exact) mass is 235 g/mol. The summed E-state index contributed by atoms with van der Waals surface area (Å²) in [6.45, 7) is 4.94. The first-order chi connectivity index (χ1) is 8.02. The highest BCUT2D eigenvalue weighted by Crippen LogP contribution is 2.11. The zero-order chi connectivity index (χ0) is 12.8. The smallest absolute Gasteiger partial charge is 0.335 e. The minimum absolute atomic E-state index is 0.200. The Bertz CT molecular complexity index is 425. The summed E-state index contributed by atoms with van der Waals surface area (Å²) in [6, 6.07) is 6.13. The van der Waals surface area contributed by atoms with Crippen molar-refractivity contribution in [2.24, 2.45) is 0 Å². The molecule has 90 valence electrons. The third-order valence-corrected chi connectivity index (χ3v) is 1.96. The summed E-state index contributed by atoms with van der Waals surface area (Å²) in [4.78, 5) is 21.5. The highest BCUT2D eigenvalue weighted by Gasteiger charge is 2.06. The Kier molecular flexibility index (Phi) is 4.28. The van der Waals surface area contributed by atoms with Crippen LogP contribution < -0.4 is 5.32 Å². The molecule has 0 bridgehead atoms. The number of carboxylic acids is 1. The fourth-order valence-corrected chi connectivity index (χ4v) is 1.20. The highest BCUT2D eigenvalue weighted by molar-refractivity contribution is 5.88. The molecule has 1 atom stereocenters. The van der Waals surface area contributed by atoms with Crippen LogP contribution in [-0.2, 0) is 9.53 Å². The molecule has 1 rings (SSSR count). The van der Waals surface area contributed by atoms with E-state index in [0.29, 0.717) is 5.69 Å². The fourth-order valence-electron chi connectivity index (χ4n) is 1.20. The SMILES string of the molecule is C=CC(=O)OC(C)Nc1ccc(C(=O)O)cc1. The molecule has 0 fully saturated rings. The minimum Gasteiger partial charge on any atom is -0.478 e. The maximum atomic E-state index is 10.9. The van der Waals surface area contributed by atoms with E-state index in [1.165, 1.54) is 12.1 Å². The van der Waals surface area contributed by atoms with Crippen molar-refractivity contribution in [1.82, 2.24) is 0 Å². The minimum atomic E-state index is -0.984. The molecule has 0 radical (unpaired) electrons. The Morgan fingerprint density at radius 3 is 2.47 bits per heavy atom. The van der Waals surface area contributed by atoms with Crippen LogP contribution in [-0.4, -0.2) is 23.3 Å². The first-order valence-electron chi connectivity index (χ1n) is 4.96. The van der Waals surface area contributed by atoms with E-state index in [4.69, 9.17) is 9.84 Å². The molecular formula is C12H13NO4. The van der Waals surface area contributed by atoms with Crippen LogP contribution in [0.5, 0.6) is 0 Å². The van der Waals surface area contributed by atoms with Gasteiger partial charge < -0.3 is 15.2 Å². The second kappa shape index (κ2) is 5.69. The Morgan fingerprint density at radius 2 is 2.00 bits per heavy atom. The van der Waals surface area contributed by atoms with Gasteiger partial charge >= 0.3 is 11.9 Å². The second-order valence-electron chi connectivity index (χ2n) is 3.31. The topological polar surface area (TPSA) is 75.6 Å². The summed E-state index contributed by atoms with van der Waals surface area (Å²) in [6.07, 6.45) is 0.558. The van der Waals surface area contributed by atoms with Crippen LogP contribution in [0.4, 0.5) is 5.69 Å². The van der Waals surface area contributed by atoms with Gasteiger partial charge in [-0.25, -0.2) is 9.59 Å². The van der Waals surface area contributed by atoms with E-state index >= 15 is 0 Å². The molecule has 5 nitrogen and oxygen atoms in total. The van der Waals surface area contributed by atoms with Crippen molar-refractivity contribution in [1.29, 1.82) is 0 Å². The van der Waals surface area contributed by atoms with Crippen molar-refractivity contribution >= 4 is 17.6 Å². The van der Waals surface area contributed by atoms with Crippen molar-refractivity contribution in [3.63, 3.8) is 0 Å². The van der Waals surface area contributed by atoms with E-state index in [1.807, 2.05) is 0 Å². The Morgan fingerprint density at radius 1 is 1.41 bits per heavy atom. The van der Waals surface area contributed by atoms with E-state index in [0.717, 1.165) is 6.08 Å².